The normalized spacial score (nSPS) is 10.8. The van der Waals surface area contributed by atoms with Gasteiger partial charge in [-0.2, -0.15) is 5.10 Å². The van der Waals surface area contributed by atoms with E-state index >= 15 is 0 Å². The Morgan fingerprint density at radius 1 is 1.33 bits per heavy atom. The first-order valence-electron chi connectivity index (χ1n) is 6.44. The predicted octanol–water partition coefficient (Wildman–Crippen LogP) is 3.36. The molecule has 3 rings (SSSR count). The summed E-state index contributed by atoms with van der Waals surface area (Å²) in [6.07, 6.45) is 3.41. The Labute approximate surface area is 130 Å². The topological polar surface area (TPSA) is 59.3 Å². The van der Waals surface area contributed by atoms with Crippen LogP contribution in [0.25, 0.3) is 5.65 Å². The molecule has 21 heavy (non-hydrogen) atoms. The van der Waals surface area contributed by atoms with Crippen LogP contribution in [0.1, 0.15) is 21.6 Å². The van der Waals surface area contributed by atoms with Gasteiger partial charge >= 0.3 is 0 Å². The molecule has 0 aliphatic rings. The second kappa shape index (κ2) is 5.29. The third-order valence-corrected chi connectivity index (χ3v) is 3.93. The summed E-state index contributed by atoms with van der Waals surface area (Å²) in [5, 5.41) is 7.15. The fraction of sp³-hybridized carbons (Fsp3) is 0.133. The van der Waals surface area contributed by atoms with Crippen molar-refractivity contribution >= 4 is 33.2 Å². The Balaban J connectivity index is 1.97. The number of hydrogen-bond donors (Lipinski definition) is 1. The molecular formula is C15H13BrN4O. The van der Waals surface area contributed by atoms with Crippen LogP contribution in [0.15, 0.2) is 41.1 Å². The van der Waals surface area contributed by atoms with Gasteiger partial charge in [0.1, 0.15) is 0 Å². The predicted molar refractivity (Wildman–Crippen MR) is 84.6 cm³/mol. The van der Waals surface area contributed by atoms with Crippen LogP contribution in [-0.2, 0) is 0 Å². The lowest BCUT2D eigenvalue weighted by Gasteiger charge is -2.08. The van der Waals surface area contributed by atoms with Gasteiger partial charge in [0.05, 0.1) is 4.47 Å². The standard InChI is InChI=1S/C15H13BrN4O/c1-9-4-5-10(2)11(8-9)18-15(21)13-12(16)14-17-6-3-7-20(14)19-13/h3-8H,1-2H3,(H,18,21). The number of aryl methyl sites for hydroxylation is 2. The number of carbonyl (C=O) groups is 1. The van der Waals surface area contributed by atoms with Crippen LogP contribution in [0.5, 0.6) is 0 Å². The highest BCUT2D eigenvalue weighted by atomic mass is 79.9. The summed E-state index contributed by atoms with van der Waals surface area (Å²) in [4.78, 5) is 16.6. The van der Waals surface area contributed by atoms with Gasteiger partial charge in [-0.15, -0.1) is 0 Å². The van der Waals surface area contributed by atoms with Crippen molar-refractivity contribution in [2.45, 2.75) is 13.8 Å². The Morgan fingerprint density at radius 2 is 2.14 bits per heavy atom. The quantitative estimate of drug-likeness (QED) is 0.775. The molecule has 0 unspecified atom stereocenters. The van der Waals surface area contributed by atoms with E-state index in [9.17, 15) is 4.79 Å². The number of nitrogens with one attached hydrogen (secondary N) is 1. The summed E-state index contributed by atoms with van der Waals surface area (Å²) in [5.74, 6) is -0.263. The van der Waals surface area contributed by atoms with Crippen LogP contribution < -0.4 is 5.32 Å². The number of hydrogen-bond acceptors (Lipinski definition) is 3. The Hall–Kier alpha value is -2.21. The van der Waals surface area contributed by atoms with E-state index in [-0.39, 0.29) is 5.91 Å². The van der Waals surface area contributed by atoms with Crippen LogP contribution >= 0.6 is 15.9 Å². The molecule has 0 bridgehead atoms. The molecule has 2 aromatic heterocycles. The fourth-order valence-corrected chi connectivity index (χ4v) is 2.60. The van der Waals surface area contributed by atoms with Gasteiger partial charge in [-0.1, -0.05) is 12.1 Å². The van der Waals surface area contributed by atoms with Crippen LogP contribution in [0.4, 0.5) is 5.69 Å². The molecule has 0 radical (unpaired) electrons. The van der Waals surface area contributed by atoms with E-state index in [2.05, 4.69) is 31.3 Å². The van der Waals surface area contributed by atoms with Crippen molar-refractivity contribution in [2.24, 2.45) is 0 Å². The third-order valence-electron chi connectivity index (χ3n) is 3.20. The molecule has 3 aromatic rings. The van der Waals surface area contributed by atoms with E-state index in [1.807, 2.05) is 32.0 Å². The molecule has 0 spiro atoms. The SMILES string of the molecule is Cc1ccc(C)c(NC(=O)c2nn3cccnc3c2Br)c1. The summed E-state index contributed by atoms with van der Waals surface area (Å²) in [5.41, 5.74) is 3.81. The first-order valence-corrected chi connectivity index (χ1v) is 7.23. The average molecular weight is 345 g/mol. The number of amides is 1. The second-order valence-corrected chi connectivity index (χ2v) is 5.62. The van der Waals surface area contributed by atoms with E-state index in [1.54, 1.807) is 23.0 Å². The molecule has 0 aliphatic carbocycles. The van der Waals surface area contributed by atoms with Crippen LogP contribution in [0.3, 0.4) is 0 Å². The number of carbonyl (C=O) groups excluding carboxylic acids is 1. The van der Waals surface area contributed by atoms with E-state index in [4.69, 9.17) is 0 Å². The van der Waals surface area contributed by atoms with Crippen molar-refractivity contribution in [1.82, 2.24) is 14.6 Å². The third kappa shape index (κ3) is 2.54. The first-order chi connectivity index (χ1) is 10.1. The molecule has 0 fully saturated rings. The van der Waals surface area contributed by atoms with Gasteiger partial charge in [-0.05, 0) is 53.0 Å². The number of aromatic nitrogens is 3. The average Bonchev–Trinajstić information content (AvgIpc) is 2.81. The summed E-state index contributed by atoms with van der Waals surface area (Å²) >= 11 is 3.39. The molecule has 1 amide bonds. The van der Waals surface area contributed by atoms with Gasteiger partial charge in [0.15, 0.2) is 11.3 Å². The highest BCUT2D eigenvalue weighted by Crippen LogP contribution is 2.23. The van der Waals surface area contributed by atoms with Gasteiger partial charge < -0.3 is 5.32 Å². The minimum Gasteiger partial charge on any atom is -0.320 e. The lowest BCUT2D eigenvalue weighted by atomic mass is 10.1. The molecule has 106 valence electrons. The summed E-state index contributed by atoms with van der Waals surface area (Å²) in [6, 6.07) is 7.69. The van der Waals surface area contributed by atoms with Crippen molar-refractivity contribution in [3.63, 3.8) is 0 Å². The molecule has 0 atom stereocenters. The summed E-state index contributed by atoms with van der Waals surface area (Å²) in [7, 11) is 0. The zero-order valence-corrected chi connectivity index (χ0v) is 13.2. The number of anilines is 1. The van der Waals surface area contributed by atoms with Crippen molar-refractivity contribution in [2.75, 3.05) is 5.32 Å². The molecule has 0 saturated heterocycles. The zero-order valence-electron chi connectivity index (χ0n) is 11.6. The molecule has 5 nitrogen and oxygen atoms in total. The van der Waals surface area contributed by atoms with Crippen molar-refractivity contribution in [3.8, 4) is 0 Å². The van der Waals surface area contributed by atoms with Crippen molar-refractivity contribution in [3.05, 3.63) is 58.0 Å². The number of nitrogens with zero attached hydrogens (tertiary/aromatic N) is 3. The molecule has 6 heteroatoms. The summed E-state index contributed by atoms with van der Waals surface area (Å²) < 4.78 is 2.16. The molecule has 1 aromatic carbocycles. The van der Waals surface area contributed by atoms with Crippen LogP contribution in [0.2, 0.25) is 0 Å². The smallest absolute Gasteiger partial charge is 0.277 e. The summed E-state index contributed by atoms with van der Waals surface area (Å²) in [6.45, 7) is 3.94. The van der Waals surface area contributed by atoms with Gasteiger partial charge in [-0.25, -0.2) is 9.50 Å². The number of halogens is 1. The monoisotopic (exact) mass is 344 g/mol. The lowest BCUT2D eigenvalue weighted by molar-refractivity contribution is 0.102. The molecule has 0 saturated carbocycles. The highest BCUT2D eigenvalue weighted by molar-refractivity contribution is 9.10. The maximum absolute atomic E-state index is 12.4. The fourth-order valence-electron chi connectivity index (χ4n) is 2.06. The Morgan fingerprint density at radius 3 is 2.90 bits per heavy atom. The van der Waals surface area contributed by atoms with E-state index in [0.29, 0.717) is 15.8 Å². The molecule has 2 heterocycles. The van der Waals surface area contributed by atoms with Crippen molar-refractivity contribution in [1.29, 1.82) is 0 Å². The highest BCUT2D eigenvalue weighted by Gasteiger charge is 2.18. The minimum absolute atomic E-state index is 0.263. The van der Waals surface area contributed by atoms with Crippen LogP contribution in [-0.4, -0.2) is 20.5 Å². The zero-order chi connectivity index (χ0) is 15.0. The van der Waals surface area contributed by atoms with E-state index in [1.165, 1.54) is 0 Å². The maximum atomic E-state index is 12.4. The number of benzene rings is 1. The molecular weight excluding hydrogens is 332 g/mol. The largest absolute Gasteiger partial charge is 0.320 e. The van der Waals surface area contributed by atoms with Gasteiger partial charge in [0.25, 0.3) is 5.91 Å². The van der Waals surface area contributed by atoms with Gasteiger partial charge in [0, 0.05) is 18.1 Å². The van der Waals surface area contributed by atoms with Gasteiger partial charge in [-0.3, -0.25) is 4.79 Å². The first kappa shape index (κ1) is 13.8. The number of rotatable bonds is 2. The van der Waals surface area contributed by atoms with Crippen molar-refractivity contribution < 1.29 is 4.79 Å². The maximum Gasteiger partial charge on any atom is 0.277 e. The number of fused-ring (bicyclic) bond motifs is 1. The lowest BCUT2D eigenvalue weighted by Crippen LogP contribution is -2.14. The Bertz CT molecular complexity index is 841. The molecule has 1 N–H and O–H groups in total. The second-order valence-electron chi connectivity index (χ2n) is 4.82. The van der Waals surface area contributed by atoms with E-state index in [0.717, 1.165) is 16.8 Å². The van der Waals surface area contributed by atoms with Crippen LogP contribution in [0, 0.1) is 13.8 Å². The van der Waals surface area contributed by atoms with Gasteiger partial charge in [0.2, 0.25) is 0 Å². The minimum atomic E-state index is -0.263. The van der Waals surface area contributed by atoms with E-state index < -0.39 is 0 Å². The Kier molecular flexibility index (Phi) is 3.47. The molecule has 0 aliphatic heterocycles.